The van der Waals surface area contributed by atoms with Crippen LogP contribution in [0, 0.1) is 6.92 Å². The Morgan fingerprint density at radius 3 is 2.65 bits per heavy atom. The molecule has 2 aromatic rings. The van der Waals surface area contributed by atoms with Gasteiger partial charge < -0.3 is 10.5 Å². The molecule has 0 amide bonds. The second-order valence-electron chi connectivity index (χ2n) is 4.82. The lowest BCUT2D eigenvalue weighted by Crippen LogP contribution is -2.17. The Kier molecular flexibility index (Phi) is 5.18. The highest BCUT2D eigenvalue weighted by molar-refractivity contribution is 9.11. The minimum atomic E-state index is 0.128. The summed E-state index contributed by atoms with van der Waals surface area (Å²) in [4.78, 5) is 4.38. The van der Waals surface area contributed by atoms with Crippen molar-refractivity contribution in [3.05, 3.63) is 50.5 Å². The Morgan fingerprint density at radius 2 is 2.05 bits per heavy atom. The molecule has 0 saturated heterocycles. The van der Waals surface area contributed by atoms with Crippen LogP contribution in [-0.4, -0.2) is 11.0 Å². The van der Waals surface area contributed by atoms with Gasteiger partial charge in [0.05, 0.1) is 4.47 Å². The first kappa shape index (κ1) is 15.5. The molecule has 0 aliphatic heterocycles. The van der Waals surface area contributed by atoms with Crippen molar-refractivity contribution in [1.82, 2.24) is 4.98 Å². The molecule has 1 aromatic heterocycles. The highest BCUT2D eigenvalue weighted by Gasteiger charge is 2.08. The van der Waals surface area contributed by atoms with Crippen molar-refractivity contribution in [1.29, 1.82) is 0 Å². The van der Waals surface area contributed by atoms with Gasteiger partial charge in [-0.05, 0) is 66.0 Å². The number of benzene rings is 1. The number of hydrogen-bond acceptors (Lipinski definition) is 3. The summed E-state index contributed by atoms with van der Waals surface area (Å²) in [5.41, 5.74) is 7.92. The minimum Gasteiger partial charge on any atom is -0.438 e. The van der Waals surface area contributed by atoms with Gasteiger partial charge in [-0.3, -0.25) is 0 Å². The van der Waals surface area contributed by atoms with Crippen LogP contribution in [0.2, 0.25) is 0 Å². The molecule has 3 nitrogen and oxygen atoms in total. The third-order valence-corrected chi connectivity index (χ3v) is 3.86. The van der Waals surface area contributed by atoms with Crippen molar-refractivity contribution < 1.29 is 4.74 Å². The molecule has 0 fully saturated rings. The first-order valence-electron chi connectivity index (χ1n) is 6.29. The molecule has 1 heterocycles. The summed E-state index contributed by atoms with van der Waals surface area (Å²) in [6.45, 7) is 3.97. The average molecular weight is 400 g/mol. The average Bonchev–Trinajstić information content (AvgIpc) is 2.34. The Hall–Kier alpha value is -0.910. The maximum atomic E-state index is 5.84. The van der Waals surface area contributed by atoms with Gasteiger partial charge in [0.2, 0.25) is 5.88 Å². The SMILES string of the molecule is Cc1cc(CC(C)N)cnc1Oc1ccc(Br)cc1Br. The van der Waals surface area contributed by atoms with E-state index in [0.29, 0.717) is 5.88 Å². The number of nitrogens with two attached hydrogens (primary N) is 1. The summed E-state index contributed by atoms with van der Waals surface area (Å²) < 4.78 is 7.72. The predicted octanol–water partition coefficient (Wildman–Crippen LogP) is 4.60. The number of rotatable bonds is 4. The first-order valence-corrected chi connectivity index (χ1v) is 7.88. The summed E-state index contributed by atoms with van der Waals surface area (Å²) in [6.07, 6.45) is 2.63. The smallest absolute Gasteiger partial charge is 0.222 e. The monoisotopic (exact) mass is 398 g/mol. The lowest BCUT2D eigenvalue weighted by Gasteiger charge is -2.11. The Balaban J connectivity index is 2.21. The van der Waals surface area contributed by atoms with Gasteiger partial charge in [-0.15, -0.1) is 0 Å². The van der Waals surface area contributed by atoms with Gasteiger partial charge in [-0.1, -0.05) is 15.9 Å². The predicted molar refractivity (Wildman–Crippen MR) is 88.2 cm³/mol. The van der Waals surface area contributed by atoms with Crippen LogP contribution in [0.5, 0.6) is 11.6 Å². The van der Waals surface area contributed by atoms with Crippen LogP contribution < -0.4 is 10.5 Å². The van der Waals surface area contributed by atoms with Crippen molar-refractivity contribution >= 4 is 31.9 Å². The number of pyridine rings is 1. The van der Waals surface area contributed by atoms with E-state index in [1.807, 2.05) is 38.2 Å². The van der Waals surface area contributed by atoms with Crippen LogP contribution in [0.4, 0.5) is 0 Å². The number of halogens is 2. The fourth-order valence-corrected chi connectivity index (χ4v) is 3.00. The maximum Gasteiger partial charge on any atom is 0.222 e. The standard InChI is InChI=1S/C15H16Br2N2O/c1-9-5-11(6-10(2)18)8-19-15(9)20-14-4-3-12(16)7-13(14)17/h3-5,7-8,10H,6,18H2,1-2H3. The lowest BCUT2D eigenvalue weighted by molar-refractivity contribution is 0.455. The van der Waals surface area contributed by atoms with E-state index < -0.39 is 0 Å². The molecule has 0 spiro atoms. The van der Waals surface area contributed by atoms with E-state index in [0.717, 1.165) is 32.2 Å². The molecule has 0 bridgehead atoms. The summed E-state index contributed by atoms with van der Waals surface area (Å²) in [5, 5.41) is 0. The number of hydrogen-bond donors (Lipinski definition) is 1. The van der Waals surface area contributed by atoms with Crippen molar-refractivity contribution in [2.75, 3.05) is 0 Å². The van der Waals surface area contributed by atoms with Gasteiger partial charge in [-0.25, -0.2) is 4.98 Å². The third-order valence-electron chi connectivity index (χ3n) is 2.75. The molecule has 1 unspecified atom stereocenters. The van der Waals surface area contributed by atoms with Crippen LogP contribution in [-0.2, 0) is 6.42 Å². The molecule has 2 rings (SSSR count). The molecular formula is C15H16Br2N2O. The zero-order valence-electron chi connectivity index (χ0n) is 11.4. The fourth-order valence-electron chi connectivity index (χ4n) is 1.87. The van der Waals surface area contributed by atoms with E-state index in [1.165, 1.54) is 0 Å². The Morgan fingerprint density at radius 1 is 1.30 bits per heavy atom. The molecule has 0 aliphatic rings. The topological polar surface area (TPSA) is 48.1 Å². The van der Waals surface area contributed by atoms with Crippen molar-refractivity contribution in [3.63, 3.8) is 0 Å². The molecule has 0 aliphatic carbocycles. The molecule has 2 N–H and O–H groups in total. The fraction of sp³-hybridized carbons (Fsp3) is 0.267. The van der Waals surface area contributed by atoms with E-state index >= 15 is 0 Å². The van der Waals surface area contributed by atoms with Gasteiger partial charge in [0, 0.05) is 22.3 Å². The quantitative estimate of drug-likeness (QED) is 0.817. The summed E-state index contributed by atoms with van der Waals surface area (Å²) >= 11 is 6.89. The first-order chi connectivity index (χ1) is 9.45. The van der Waals surface area contributed by atoms with E-state index in [-0.39, 0.29) is 6.04 Å². The minimum absolute atomic E-state index is 0.128. The number of ether oxygens (including phenoxy) is 1. The van der Waals surface area contributed by atoms with Crippen LogP contribution in [0.15, 0.2) is 39.4 Å². The van der Waals surface area contributed by atoms with E-state index in [4.69, 9.17) is 10.5 Å². The van der Waals surface area contributed by atoms with Crippen molar-refractivity contribution in [2.45, 2.75) is 26.3 Å². The largest absolute Gasteiger partial charge is 0.438 e. The zero-order valence-corrected chi connectivity index (χ0v) is 14.5. The maximum absolute atomic E-state index is 5.84. The summed E-state index contributed by atoms with van der Waals surface area (Å²) in [7, 11) is 0. The molecular weight excluding hydrogens is 384 g/mol. The van der Waals surface area contributed by atoms with Gasteiger partial charge in [0.25, 0.3) is 0 Å². The van der Waals surface area contributed by atoms with E-state index in [2.05, 4.69) is 42.9 Å². The van der Waals surface area contributed by atoms with Crippen LogP contribution in [0.1, 0.15) is 18.1 Å². The van der Waals surface area contributed by atoms with Gasteiger partial charge in [0.15, 0.2) is 0 Å². The highest BCUT2D eigenvalue weighted by atomic mass is 79.9. The molecule has 106 valence electrons. The number of aryl methyl sites for hydroxylation is 1. The normalized spacial score (nSPS) is 12.2. The molecule has 1 atom stereocenters. The lowest BCUT2D eigenvalue weighted by atomic mass is 10.1. The van der Waals surface area contributed by atoms with Gasteiger partial charge in [0.1, 0.15) is 5.75 Å². The van der Waals surface area contributed by atoms with E-state index in [9.17, 15) is 0 Å². The molecule has 20 heavy (non-hydrogen) atoms. The second-order valence-corrected chi connectivity index (χ2v) is 6.59. The Labute approximate surface area is 135 Å². The number of aromatic nitrogens is 1. The zero-order chi connectivity index (χ0) is 14.7. The van der Waals surface area contributed by atoms with Gasteiger partial charge in [-0.2, -0.15) is 0 Å². The van der Waals surface area contributed by atoms with Crippen LogP contribution >= 0.6 is 31.9 Å². The highest BCUT2D eigenvalue weighted by Crippen LogP contribution is 2.32. The molecule has 1 aromatic carbocycles. The summed E-state index contributed by atoms with van der Waals surface area (Å²) in [6, 6.07) is 7.96. The second kappa shape index (κ2) is 6.70. The molecule has 0 radical (unpaired) electrons. The van der Waals surface area contributed by atoms with Gasteiger partial charge >= 0.3 is 0 Å². The third kappa shape index (κ3) is 4.04. The number of nitrogens with zero attached hydrogens (tertiary/aromatic N) is 1. The summed E-state index contributed by atoms with van der Waals surface area (Å²) in [5.74, 6) is 1.35. The van der Waals surface area contributed by atoms with Crippen molar-refractivity contribution in [2.24, 2.45) is 5.73 Å². The Bertz CT molecular complexity index is 615. The van der Waals surface area contributed by atoms with Crippen molar-refractivity contribution in [3.8, 4) is 11.6 Å². The van der Waals surface area contributed by atoms with Crippen LogP contribution in [0.25, 0.3) is 0 Å². The molecule has 5 heteroatoms. The van der Waals surface area contributed by atoms with E-state index in [1.54, 1.807) is 0 Å². The van der Waals surface area contributed by atoms with Crippen LogP contribution in [0.3, 0.4) is 0 Å². The molecule has 0 saturated carbocycles.